The van der Waals surface area contributed by atoms with E-state index in [4.69, 9.17) is 10.5 Å². The van der Waals surface area contributed by atoms with Crippen molar-refractivity contribution in [2.75, 3.05) is 0 Å². The lowest BCUT2D eigenvalue weighted by Gasteiger charge is -2.57. The first-order chi connectivity index (χ1) is 11.1. The molecule has 0 aromatic heterocycles. The van der Waals surface area contributed by atoms with E-state index in [9.17, 15) is 5.11 Å². The number of nitriles is 2. The van der Waals surface area contributed by atoms with Crippen molar-refractivity contribution < 1.29 is 5.11 Å². The number of phenolic OH excluding ortho intramolecular Hbond substituents is 1. The fraction of sp³-hybridized carbons (Fsp3) is 0.500. The molecule has 4 aliphatic carbocycles. The number of phenols is 1. The summed E-state index contributed by atoms with van der Waals surface area (Å²) in [6.07, 6.45) is 9.48. The van der Waals surface area contributed by atoms with E-state index in [1.807, 2.05) is 18.2 Å². The highest BCUT2D eigenvalue weighted by Crippen LogP contribution is 2.60. The summed E-state index contributed by atoms with van der Waals surface area (Å²) in [5.74, 6) is 2.73. The van der Waals surface area contributed by atoms with Crippen molar-refractivity contribution >= 4 is 6.08 Å². The Morgan fingerprint density at radius 3 is 2.13 bits per heavy atom. The molecule has 1 N–H and O–H groups in total. The topological polar surface area (TPSA) is 67.8 Å². The van der Waals surface area contributed by atoms with Crippen molar-refractivity contribution in [3.05, 3.63) is 34.9 Å². The smallest absolute Gasteiger partial charge is 0.130 e. The Morgan fingerprint density at radius 2 is 1.61 bits per heavy atom. The number of nitrogens with zero attached hydrogens (tertiary/aromatic N) is 2. The van der Waals surface area contributed by atoms with Gasteiger partial charge in [-0.2, -0.15) is 10.5 Å². The first-order valence-electron chi connectivity index (χ1n) is 8.47. The third-order valence-electron chi connectivity index (χ3n) is 6.22. The van der Waals surface area contributed by atoms with Gasteiger partial charge in [-0.3, -0.25) is 0 Å². The lowest BCUT2D eigenvalue weighted by molar-refractivity contribution is -0.00520. The molecule has 0 heterocycles. The number of allylic oxidation sites excluding steroid dienone is 1. The molecule has 0 amide bonds. The first kappa shape index (κ1) is 14.3. The fourth-order valence-corrected chi connectivity index (χ4v) is 5.71. The van der Waals surface area contributed by atoms with Crippen LogP contribution in [0.1, 0.15) is 49.7 Å². The zero-order valence-corrected chi connectivity index (χ0v) is 13.1. The van der Waals surface area contributed by atoms with Crippen LogP contribution < -0.4 is 0 Å². The molecule has 23 heavy (non-hydrogen) atoms. The molecule has 0 radical (unpaired) electrons. The number of benzene rings is 1. The minimum absolute atomic E-state index is 0.0305. The average Bonchev–Trinajstić information content (AvgIpc) is 2.52. The highest BCUT2D eigenvalue weighted by Gasteiger charge is 2.51. The van der Waals surface area contributed by atoms with Crippen molar-refractivity contribution in [3.8, 4) is 17.9 Å². The van der Waals surface area contributed by atoms with Crippen LogP contribution in [0.3, 0.4) is 0 Å². The Morgan fingerprint density at radius 1 is 1.04 bits per heavy atom. The summed E-state index contributed by atoms with van der Waals surface area (Å²) < 4.78 is 0. The summed E-state index contributed by atoms with van der Waals surface area (Å²) in [5.41, 5.74) is 2.17. The van der Waals surface area contributed by atoms with Crippen LogP contribution in [0.5, 0.6) is 5.75 Å². The maximum absolute atomic E-state index is 10.1. The summed E-state index contributed by atoms with van der Waals surface area (Å²) >= 11 is 0. The second-order valence-corrected chi connectivity index (χ2v) is 7.75. The van der Waals surface area contributed by atoms with Crippen molar-refractivity contribution in [2.45, 2.75) is 43.9 Å². The lowest BCUT2D eigenvalue weighted by atomic mass is 9.48. The molecule has 4 fully saturated rings. The highest BCUT2D eigenvalue weighted by atomic mass is 16.3. The van der Waals surface area contributed by atoms with E-state index in [-0.39, 0.29) is 16.7 Å². The van der Waals surface area contributed by atoms with Crippen molar-refractivity contribution in [3.63, 3.8) is 0 Å². The fourth-order valence-electron chi connectivity index (χ4n) is 5.71. The zero-order valence-electron chi connectivity index (χ0n) is 13.1. The summed E-state index contributed by atoms with van der Waals surface area (Å²) in [7, 11) is 0. The summed E-state index contributed by atoms with van der Waals surface area (Å²) in [6.45, 7) is 0. The molecule has 116 valence electrons. The second kappa shape index (κ2) is 5.14. The van der Waals surface area contributed by atoms with E-state index in [1.165, 1.54) is 50.2 Å². The van der Waals surface area contributed by atoms with E-state index in [1.54, 1.807) is 6.07 Å². The van der Waals surface area contributed by atoms with Crippen LogP contribution >= 0.6 is 0 Å². The molecule has 0 aliphatic heterocycles. The Kier molecular flexibility index (Phi) is 3.20. The molecule has 3 heteroatoms. The monoisotopic (exact) mass is 304 g/mol. The van der Waals surface area contributed by atoms with E-state index >= 15 is 0 Å². The molecule has 4 aliphatic rings. The van der Waals surface area contributed by atoms with Crippen molar-refractivity contribution in [1.29, 1.82) is 10.5 Å². The summed E-state index contributed by atoms with van der Waals surface area (Å²) in [5, 5.41) is 28.0. The average molecular weight is 304 g/mol. The predicted molar refractivity (Wildman–Crippen MR) is 87.2 cm³/mol. The number of rotatable bonds is 2. The van der Waals surface area contributed by atoms with Gasteiger partial charge in [0.15, 0.2) is 0 Å². The SMILES string of the molecule is N#CC(C#N)=Cc1cc(C23CC4CC(CC(C4)C2)C3)ccc1O. The standard InChI is InChI=1S/C20H20N2O/c21-11-16(12-22)6-17-7-18(1-2-19(17)23)20-8-13-3-14(9-20)5-15(4-13)10-20/h1-2,6-7,13-15,23H,3-5,8-10H2. The third kappa shape index (κ3) is 2.32. The van der Waals surface area contributed by atoms with Crippen LogP contribution in [0.25, 0.3) is 6.08 Å². The normalized spacial score (nSPS) is 33.7. The van der Waals surface area contributed by atoms with Gasteiger partial charge in [-0.15, -0.1) is 0 Å². The molecule has 4 saturated carbocycles. The molecule has 1 aromatic rings. The molecule has 0 spiro atoms. The van der Waals surface area contributed by atoms with Gasteiger partial charge >= 0.3 is 0 Å². The number of hydrogen-bond acceptors (Lipinski definition) is 3. The molecule has 1 aromatic carbocycles. The molecule has 0 atom stereocenters. The van der Waals surface area contributed by atoms with Crippen molar-refractivity contribution in [2.24, 2.45) is 17.8 Å². The number of hydrogen-bond donors (Lipinski definition) is 1. The highest BCUT2D eigenvalue weighted by molar-refractivity contribution is 5.67. The van der Waals surface area contributed by atoms with Gasteiger partial charge in [0.05, 0.1) is 0 Å². The Balaban J connectivity index is 1.75. The van der Waals surface area contributed by atoms with Gasteiger partial charge in [-0.25, -0.2) is 0 Å². The second-order valence-electron chi connectivity index (χ2n) is 7.75. The minimum atomic E-state index is 0.0305. The van der Waals surface area contributed by atoms with Gasteiger partial charge in [0.1, 0.15) is 23.5 Å². The van der Waals surface area contributed by atoms with Crippen LogP contribution in [0, 0.1) is 40.4 Å². The summed E-state index contributed by atoms with van der Waals surface area (Å²) in [6, 6.07) is 9.54. The number of aromatic hydroxyl groups is 1. The molecule has 5 rings (SSSR count). The third-order valence-corrected chi connectivity index (χ3v) is 6.22. The van der Waals surface area contributed by atoms with E-state index in [0.29, 0.717) is 5.56 Å². The van der Waals surface area contributed by atoms with Gasteiger partial charge < -0.3 is 5.11 Å². The van der Waals surface area contributed by atoms with Crippen LogP contribution in [0.15, 0.2) is 23.8 Å². The predicted octanol–water partition coefficient (Wildman–Crippen LogP) is 4.29. The summed E-state index contributed by atoms with van der Waals surface area (Å²) in [4.78, 5) is 0. The van der Waals surface area contributed by atoms with Gasteiger partial charge in [0.2, 0.25) is 0 Å². The van der Waals surface area contributed by atoms with Gasteiger partial charge in [-0.05, 0) is 85.5 Å². The molecule has 0 unspecified atom stereocenters. The van der Waals surface area contributed by atoms with Crippen LogP contribution in [-0.4, -0.2) is 5.11 Å². The maximum Gasteiger partial charge on any atom is 0.130 e. The Bertz CT molecular complexity index is 712. The maximum atomic E-state index is 10.1. The van der Waals surface area contributed by atoms with Crippen molar-refractivity contribution in [1.82, 2.24) is 0 Å². The largest absolute Gasteiger partial charge is 0.507 e. The Labute approximate surface area is 136 Å². The van der Waals surface area contributed by atoms with Gasteiger partial charge in [0, 0.05) is 5.56 Å². The lowest BCUT2D eigenvalue weighted by Crippen LogP contribution is -2.48. The zero-order chi connectivity index (χ0) is 16.0. The first-order valence-corrected chi connectivity index (χ1v) is 8.47. The molecular weight excluding hydrogens is 284 g/mol. The molecule has 3 nitrogen and oxygen atoms in total. The molecular formula is C20H20N2O. The molecule has 4 bridgehead atoms. The van der Waals surface area contributed by atoms with Crippen LogP contribution in [0.2, 0.25) is 0 Å². The minimum Gasteiger partial charge on any atom is -0.507 e. The van der Waals surface area contributed by atoms with E-state index in [0.717, 1.165) is 17.8 Å². The van der Waals surface area contributed by atoms with E-state index in [2.05, 4.69) is 6.07 Å². The van der Waals surface area contributed by atoms with E-state index < -0.39 is 0 Å². The van der Waals surface area contributed by atoms with Crippen LogP contribution in [-0.2, 0) is 5.41 Å². The van der Waals surface area contributed by atoms with Crippen LogP contribution in [0.4, 0.5) is 0 Å². The Hall–Kier alpha value is -2.26. The quantitative estimate of drug-likeness (QED) is 0.829. The van der Waals surface area contributed by atoms with Gasteiger partial charge in [-0.1, -0.05) is 6.07 Å². The van der Waals surface area contributed by atoms with Gasteiger partial charge in [0.25, 0.3) is 0 Å². The molecule has 0 saturated heterocycles.